The first-order valence-electron chi connectivity index (χ1n) is 4.86. The molecule has 0 N–H and O–H groups in total. The van der Waals surface area contributed by atoms with Gasteiger partial charge in [-0.05, 0) is 31.3 Å². The summed E-state index contributed by atoms with van der Waals surface area (Å²) in [5, 5.41) is 0. The number of ether oxygens (including phenoxy) is 1. The molecule has 2 heteroatoms. The fourth-order valence-corrected chi connectivity index (χ4v) is 2.20. The molecule has 2 atom stereocenters. The van der Waals surface area contributed by atoms with Gasteiger partial charge in [-0.15, -0.1) is 0 Å². The van der Waals surface area contributed by atoms with E-state index in [2.05, 4.69) is 26.0 Å². The summed E-state index contributed by atoms with van der Waals surface area (Å²) in [5.41, 5.74) is -0.368. The highest BCUT2D eigenvalue weighted by Gasteiger charge is 2.46. The Labute approximate surface area is 79.0 Å². The Bertz CT molecular complexity index is 278. The van der Waals surface area contributed by atoms with Crippen LogP contribution >= 0.6 is 0 Å². The van der Waals surface area contributed by atoms with Crippen LogP contribution in [0.1, 0.15) is 33.6 Å². The third-order valence-electron chi connectivity index (χ3n) is 3.31. The van der Waals surface area contributed by atoms with E-state index in [-0.39, 0.29) is 22.9 Å². The molecule has 13 heavy (non-hydrogen) atoms. The number of rotatable bonds is 0. The SMILES string of the molecule is CC1(C)C=C[C@@]2(C)CC[C@@H]1C(=O)O2. The van der Waals surface area contributed by atoms with Gasteiger partial charge >= 0.3 is 5.97 Å². The van der Waals surface area contributed by atoms with Crippen molar-refractivity contribution in [2.75, 3.05) is 0 Å². The summed E-state index contributed by atoms with van der Waals surface area (Å²) in [4.78, 5) is 11.6. The normalized spacial score (nSPS) is 41.5. The van der Waals surface area contributed by atoms with Crippen molar-refractivity contribution >= 4 is 5.97 Å². The molecule has 1 fully saturated rings. The van der Waals surface area contributed by atoms with Crippen LogP contribution in [0.5, 0.6) is 0 Å². The molecule has 3 rings (SSSR count). The van der Waals surface area contributed by atoms with Gasteiger partial charge in [0, 0.05) is 0 Å². The van der Waals surface area contributed by atoms with Gasteiger partial charge in [-0.1, -0.05) is 19.9 Å². The third-order valence-corrected chi connectivity index (χ3v) is 3.31. The molecule has 2 bridgehead atoms. The second-order valence-electron chi connectivity index (χ2n) is 4.98. The molecule has 0 spiro atoms. The van der Waals surface area contributed by atoms with Gasteiger partial charge in [0.25, 0.3) is 0 Å². The van der Waals surface area contributed by atoms with Crippen LogP contribution in [0.4, 0.5) is 0 Å². The van der Waals surface area contributed by atoms with E-state index >= 15 is 0 Å². The lowest BCUT2D eigenvalue weighted by Gasteiger charge is -2.35. The highest BCUT2D eigenvalue weighted by molar-refractivity contribution is 5.76. The molecule has 3 aliphatic rings. The molecular weight excluding hydrogens is 164 g/mol. The van der Waals surface area contributed by atoms with Crippen LogP contribution in [-0.4, -0.2) is 11.6 Å². The summed E-state index contributed by atoms with van der Waals surface area (Å²) in [6.45, 7) is 6.19. The number of esters is 1. The van der Waals surface area contributed by atoms with Gasteiger partial charge in [-0.25, -0.2) is 0 Å². The molecule has 0 saturated carbocycles. The second kappa shape index (κ2) is 2.37. The molecule has 1 saturated heterocycles. The first-order valence-corrected chi connectivity index (χ1v) is 4.86. The molecule has 0 amide bonds. The first kappa shape index (κ1) is 8.79. The Hall–Kier alpha value is -0.790. The minimum absolute atomic E-state index is 0.0243. The van der Waals surface area contributed by atoms with Crippen molar-refractivity contribution in [1.29, 1.82) is 0 Å². The molecular formula is C11H16O2. The minimum atomic E-state index is -0.332. The quantitative estimate of drug-likeness (QED) is 0.422. The largest absolute Gasteiger partial charge is 0.455 e. The van der Waals surface area contributed by atoms with Gasteiger partial charge in [-0.3, -0.25) is 4.79 Å². The van der Waals surface area contributed by atoms with Crippen LogP contribution in [0.2, 0.25) is 0 Å². The van der Waals surface area contributed by atoms with E-state index in [1.54, 1.807) is 0 Å². The maximum Gasteiger partial charge on any atom is 0.310 e. The highest BCUT2D eigenvalue weighted by atomic mass is 16.6. The molecule has 0 radical (unpaired) electrons. The number of allylic oxidation sites excluding steroid dienone is 1. The van der Waals surface area contributed by atoms with Crippen LogP contribution in [0.15, 0.2) is 12.2 Å². The summed E-state index contributed by atoms with van der Waals surface area (Å²) in [5.74, 6) is 0.0306. The van der Waals surface area contributed by atoms with Gasteiger partial charge in [0.1, 0.15) is 5.60 Å². The lowest BCUT2D eigenvalue weighted by molar-refractivity contribution is -0.169. The molecule has 2 aliphatic heterocycles. The predicted molar refractivity (Wildman–Crippen MR) is 50.1 cm³/mol. The molecule has 0 unspecified atom stereocenters. The number of carbonyl (C=O) groups excluding carboxylic acids is 1. The van der Waals surface area contributed by atoms with Crippen LogP contribution in [-0.2, 0) is 9.53 Å². The number of carbonyl (C=O) groups is 1. The van der Waals surface area contributed by atoms with Gasteiger partial charge in [0.05, 0.1) is 5.92 Å². The van der Waals surface area contributed by atoms with Crippen molar-refractivity contribution in [1.82, 2.24) is 0 Å². The molecule has 72 valence electrons. The first-order chi connectivity index (χ1) is 5.93. The van der Waals surface area contributed by atoms with Crippen molar-refractivity contribution in [3.05, 3.63) is 12.2 Å². The van der Waals surface area contributed by atoms with Crippen molar-refractivity contribution < 1.29 is 9.53 Å². The maximum atomic E-state index is 11.6. The molecule has 1 aliphatic carbocycles. The standard InChI is InChI=1S/C11H16O2/c1-10(2)6-7-11(3)5-4-8(10)9(12)13-11/h6-8H,4-5H2,1-3H3/t8-,11-/m1/s1. The third kappa shape index (κ3) is 1.28. The van der Waals surface area contributed by atoms with E-state index in [4.69, 9.17) is 4.74 Å². The highest BCUT2D eigenvalue weighted by Crippen LogP contribution is 2.44. The lowest BCUT2D eigenvalue weighted by Crippen LogP contribution is -2.40. The monoisotopic (exact) mass is 180 g/mol. The maximum absolute atomic E-state index is 11.6. The Morgan fingerprint density at radius 2 is 2.08 bits per heavy atom. The zero-order valence-corrected chi connectivity index (χ0v) is 8.46. The number of fused-ring (bicyclic) bond motifs is 3. The Kier molecular flexibility index (Phi) is 1.60. The van der Waals surface area contributed by atoms with Crippen LogP contribution in [0.25, 0.3) is 0 Å². The zero-order valence-electron chi connectivity index (χ0n) is 8.46. The topological polar surface area (TPSA) is 26.3 Å². The smallest absolute Gasteiger partial charge is 0.310 e. The zero-order chi connectivity index (χ0) is 9.69. The van der Waals surface area contributed by atoms with Crippen LogP contribution < -0.4 is 0 Å². The van der Waals surface area contributed by atoms with E-state index in [9.17, 15) is 4.79 Å². The average Bonchev–Trinajstić information content (AvgIpc) is 2.14. The van der Waals surface area contributed by atoms with E-state index in [1.165, 1.54) is 0 Å². The summed E-state index contributed by atoms with van der Waals surface area (Å²) >= 11 is 0. The van der Waals surface area contributed by atoms with Gasteiger partial charge in [0.2, 0.25) is 0 Å². The van der Waals surface area contributed by atoms with Gasteiger partial charge < -0.3 is 4.74 Å². The number of hydrogen-bond acceptors (Lipinski definition) is 2. The van der Waals surface area contributed by atoms with Crippen LogP contribution in [0, 0.1) is 11.3 Å². The van der Waals surface area contributed by atoms with E-state index < -0.39 is 0 Å². The van der Waals surface area contributed by atoms with E-state index in [0.29, 0.717) is 0 Å². The molecule has 2 nitrogen and oxygen atoms in total. The van der Waals surface area contributed by atoms with Crippen molar-refractivity contribution in [3.8, 4) is 0 Å². The fraction of sp³-hybridized carbons (Fsp3) is 0.727. The van der Waals surface area contributed by atoms with E-state index in [1.807, 2.05) is 6.92 Å². The summed E-state index contributed by atoms with van der Waals surface area (Å²) < 4.78 is 5.41. The minimum Gasteiger partial charge on any atom is -0.455 e. The Morgan fingerprint density at radius 1 is 1.38 bits per heavy atom. The lowest BCUT2D eigenvalue weighted by atomic mass is 9.76. The van der Waals surface area contributed by atoms with Crippen molar-refractivity contribution in [3.63, 3.8) is 0 Å². The van der Waals surface area contributed by atoms with Crippen molar-refractivity contribution in [2.24, 2.45) is 11.3 Å². The molecule has 0 aromatic heterocycles. The molecule has 0 aromatic carbocycles. The predicted octanol–water partition coefficient (Wildman–Crippen LogP) is 2.29. The Morgan fingerprint density at radius 3 is 2.69 bits per heavy atom. The van der Waals surface area contributed by atoms with E-state index in [0.717, 1.165) is 12.8 Å². The second-order valence-corrected chi connectivity index (χ2v) is 4.98. The number of hydrogen-bond donors (Lipinski definition) is 0. The summed E-state index contributed by atoms with van der Waals surface area (Å²) in [7, 11) is 0. The Balaban J connectivity index is 2.43. The van der Waals surface area contributed by atoms with Gasteiger partial charge in [-0.2, -0.15) is 0 Å². The van der Waals surface area contributed by atoms with Crippen molar-refractivity contribution in [2.45, 2.75) is 39.2 Å². The molecule has 2 heterocycles. The molecule has 0 aromatic rings. The van der Waals surface area contributed by atoms with Gasteiger partial charge in [0.15, 0.2) is 0 Å². The van der Waals surface area contributed by atoms with Crippen LogP contribution in [0.3, 0.4) is 0 Å². The summed E-state index contributed by atoms with van der Waals surface area (Å²) in [6, 6.07) is 0. The summed E-state index contributed by atoms with van der Waals surface area (Å²) in [6.07, 6.45) is 6.10. The average molecular weight is 180 g/mol. The fourth-order valence-electron chi connectivity index (χ4n) is 2.20.